The number of nitriles is 1. The second-order valence-electron chi connectivity index (χ2n) is 5.74. The summed E-state index contributed by atoms with van der Waals surface area (Å²) in [6, 6.07) is 5.74. The van der Waals surface area contributed by atoms with Crippen molar-refractivity contribution in [1.29, 1.82) is 5.26 Å². The largest absolute Gasteiger partial charge is 0.369 e. The Balaban J connectivity index is 1.51. The first-order valence-corrected chi connectivity index (χ1v) is 7.54. The molecule has 2 aromatic rings. The molecule has 114 valence electrons. The van der Waals surface area contributed by atoms with Crippen LogP contribution in [0.5, 0.6) is 0 Å². The van der Waals surface area contributed by atoms with E-state index >= 15 is 0 Å². The lowest BCUT2D eigenvalue weighted by Crippen LogP contribution is -2.24. The number of rotatable bonds is 5. The Kier molecular flexibility index (Phi) is 4.35. The molecule has 0 spiro atoms. The molecule has 1 fully saturated rings. The molecule has 0 aromatic carbocycles. The topological polar surface area (TPSA) is 69.8 Å². The molecule has 1 N–H and O–H groups in total. The van der Waals surface area contributed by atoms with Gasteiger partial charge < -0.3 is 9.88 Å². The number of aryl methyl sites for hydroxylation is 1. The van der Waals surface area contributed by atoms with E-state index < -0.39 is 0 Å². The van der Waals surface area contributed by atoms with Crippen LogP contribution in [0.1, 0.15) is 17.8 Å². The highest BCUT2D eigenvalue weighted by Crippen LogP contribution is 2.19. The van der Waals surface area contributed by atoms with Crippen LogP contribution in [0, 0.1) is 17.2 Å². The lowest BCUT2D eigenvalue weighted by molar-refractivity contribution is 0.307. The molecule has 22 heavy (non-hydrogen) atoms. The Morgan fingerprint density at radius 3 is 3.09 bits per heavy atom. The number of nitrogens with one attached hydrogen (secondary N) is 1. The smallest absolute Gasteiger partial charge is 0.143 e. The molecule has 1 aliphatic rings. The maximum atomic E-state index is 9.07. The SMILES string of the molecule is Cn1ccnc1CN1CC[C@H](CNc2ncccc2C#N)C1. The molecule has 1 aliphatic heterocycles. The summed E-state index contributed by atoms with van der Waals surface area (Å²) in [6.45, 7) is 3.89. The minimum absolute atomic E-state index is 0.578. The van der Waals surface area contributed by atoms with Gasteiger partial charge >= 0.3 is 0 Å². The average Bonchev–Trinajstić information content (AvgIpc) is 3.15. The molecule has 6 nitrogen and oxygen atoms in total. The van der Waals surface area contributed by atoms with Gasteiger partial charge in [-0.3, -0.25) is 4.90 Å². The summed E-state index contributed by atoms with van der Waals surface area (Å²) >= 11 is 0. The number of anilines is 1. The van der Waals surface area contributed by atoms with Crippen LogP contribution in [0.25, 0.3) is 0 Å². The van der Waals surface area contributed by atoms with E-state index in [-0.39, 0.29) is 0 Å². The number of aromatic nitrogens is 3. The van der Waals surface area contributed by atoms with Gasteiger partial charge in [0.25, 0.3) is 0 Å². The van der Waals surface area contributed by atoms with E-state index in [0.29, 0.717) is 17.3 Å². The van der Waals surface area contributed by atoms with Crippen LogP contribution < -0.4 is 5.32 Å². The van der Waals surface area contributed by atoms with Crippen LogP contribution in [0.3, 0.4) is 0 Å². The molecule has 6 heteroatoms. The van der Waals surface area contributed by atoms with Crippen molar-refractivity contribution in [1.82, 2.24) is 19.4 Å². The minimum Gasteiger partial charge on any atom is -0.369 e. The predicted molar refractivity (Wildman–Crippen MR) is 84.0 cm³/mol. The highest BCUT2D eigenvalue weighted by atomic mass is 15.2. The van der Waals surface area contributed by atoms with Crippen LogP contribution in [-0.4, -0.2) is 39.1 Å². The number of pyridine rings is 1. The fourth-order valence-corrected chi connectivity index (χ4v) is 2.85. The van der Waals surface area contributed by atoms with Gasteiger partial charge in [-0.2, -0.15) is 5.26 Å². The zero-order valence-electron chi connectivity index (χ0n) is 12.7. The maximum absolute atomic E-state index is 9.07. The van der Waals surface area contributed by atoms with Crippen molar-refractivity contribution in [3.05, 3.63) is 42.1 Å². The zero-order chi connectivity index (χ0) is 15.4. The first-order chi connectivity index (χ1) is 10.8. The van der Waals surface area contributed by atoms with Crippen molar-refractivity contribution in [2.45, 2.75) is 13.0 Å². The summed E-state index contributed by atoms with van der Waals surface area (Å²) in [5.74, 6) is 2.37. The molecule has 3 rings (SSSR count). The van der Waals surface area contributed by atoms with Crippen LogP contribution >= 0.6 is 0 Å². The highest BCUT2D eigenvalue weighted by molar-refractivity contribution is 5.51. The molecule has 2 aromatic heterocycles. The quantitative estimate of drug-likeness (QED) is 0.908. The van der Waals surface area contributed by atoms with Crippen LogP contribution in [0.4, 0.5) is 5.82 Å². The molecule has 0 saturated carbocycles. The fraction of sp³-hybridized carbons (Fsp3) is 0.438. The molecular formula is C16H20N6. The normalized spacial score (nSPS) is 18.3. The number of hydrogen-bond donors (Lipinski definition) is 1. The third kappa shape index (κ3) is 3.26. The molecule has 1 atom stereocenters. The number of hydrogen-bond acceptors (Lipinski definition) is 5. The van der Waals surface area contributed by atoms with Gasteiger partial charge in [-0.25, -0.2) is 9.97 Å². The molecular weight excluding hydrogens is 276 g/mol. The van der Waals surface area contributed by atoms with Crippen LogP contribution in [0.2, 0.25) is 0 Å². The van der Waals surface area contributed by atoms with E-state index in [4.69, 9.17) is 5.26 Å². The lowest BCUT2D eigenvalue weighted by Gasteiger charge is -2.16. The molecule has 0 bridgehead atoms. The van der Waals surface area contributed by atoms with Gasteiger partial charge in [0.1, 0.15) is 17.7 Å². The van der Waals surface area contributed by atoms with Crippen LogP contribution in [-0.2, 0) is 13.6 Å². The molecule has 0 radical (unpaired) electrons. The van der Waals surface area contributed by atoms with Crippen molar-refractivity contribution in [3.8, 4) is 6.07 Å². The molecule has 3 heterocycles. The molecule has 0 unspecified atom stereocenters. The summed E-state index contributed by atoms with van der Waals surface area (Å²) in [7, 11) is 2.03. The highest BCUT2D eigenvalue weighted by Gasteiger charge is 2.23. The summed E-state index contributed by atoms with van der Waals surface area (Å²) in [5, 5.41) is 12.4. The van der Waals surface area contributed by atoms with Gasteiger partial charge in [0.15, 0.2) is 0 Å². The van der Waals surface area contributed by atoms with Gasteiger partial charge in [-0.05, 0) is 31.0 Å². The van der Waals surface area contributed by atoms with Crippen molar-refractivity contribution in [2.75, 3.05) is 25.0 Å². The summed E-state index contributed by atoms with van der Waals surface area (Å²) in [5.41, 5.74) is 0.602. The lowest BCUT2D eigenvalue weighted by atomic mass is 10.1. The third-order valence-corrected chi connectivity index (χ3v) is 4.14. The van der Waals surface area contributed by atoms with Gasteiger partial charge in [-0.1, -0.05) is 0 Å². The second kappa shape index (κ2) is 6.58. The average molecular weight is 296 g/mol. The third-order valence-electron chi connectivity index (χ3n) is 4.14. The maximum Gasteiger partial charge on any atom is 0.143 e. The second-order valence-corrected chi connectivity index (χ2v) is 5.74. The summed E-state index contributed by atoms with van der Waals surface area (Å²) < 4.78 is 2.07. The Hall–Kier alpha value is -2.39. The predicted octanol–water partition coefficient (Wildman–Crippen LogP) is 1.62. The molecule has 1 saturated heterocycles. The van der Waals surface area contributed by atoms with Gasteiger partial charge in [-0.15, -0.1) is 0 Å². The van der Waals surface area contributed by atoms with E-state index in [0.717, 1.165) is 38.4 Å². The Bertz CT molecular complexity index is 671. The van der Waals surface area contributed by atoms with E-state index in [9.17, 15) is 0 Å². The Morgan fingerprint density at radius 2 is 2.32 bits per heavy atom. The standard InChI is InChI=1S/C16H20N6/c1-21-8-6-18-15(21)12-22-7-4-13(11-22)10-20-16-14(9-17)3-2-5-19-16/h2-3,5-6,8,13H,4,7,10-12H2,1H3,(H,19,20)/t13-/m1/s1. The fourth-order valence-electron chi connectivity index (χ4n) is 2.85. The van der Waals surface area contributed by atoms with E-state index in [1.165, 1.54) is 0 Å². The van der Waals surface area contributed by atoms with Gasteiger partial charge in [0.2, 0.25) is 0 Å². The van der Waals surface area contributed by atoms with E-state index in [2.05, 4.69) is 30.8 Å². The van der Waals surface area contributed by atoms with E-state index in [1.807, 2.05) is 19.4 Å². The monoisotopic (exact) mass is 296 g/mol. The summed E-state index contributed by atoms with van der Waals surface area (Å²) in [6.07, 6.45) is 6.70. The zero-order valence-corrected chi connectivity index (χ0v) is 12.7. The summed E-state index contributed by atoms with van der Waals surface area (Å²) in [4.78, 5) is 11.1. The van der Waals surface area contributed by atoms with Gasteiger partial charge in [0.05, 0.1) is 12.1 Å². The van der Waals surface area contributed by atoms with E-state index in [1.54, 1.807) is 18.3 Å². The first kappa shape index (κ1) is 14.5. The number of likely N-dealkylation sites (tertiary alicyclic amines) is 1. The van der Waals surface area contributed by atoms with Gasteiger partial charge in [0, 0.05) is 38.7 Å². The minimum atomic E-state index is 0.578. The molecule has 0 aliphatic carbocycles. The van der Waals surface area contributed by atoms with Crippen molar-refractivity contribution in [2.24, 2.45) is 13.0 Å². The Labute approximate surface area is 130 Å². The Morgan fingerprint density at radius 1 is 1.41 bits per heavy atom. The van der Waals surface area contributed by atoms with Crippen molar-refractivity contribution >= 4 is 5.82 Å². The van der Waals surface area contributed by atoms with Crippen molar-refractivity contribution < 1.29 is 0 Å². The first-order valence-electron chi connectivity index (χ1n) is 7.54. The van der Waals surface area contributed by atoms with Crippen LogP contribution in [0.15, 0.2) is 30.7 Å². The number of nitrogens with zero attached hydrogens (tertiary/aromatic N) is 5. The van der Waals surface area contributed by atoms with Crippen molar-refractivity contribution in [3.63, 3.8) is 0 Å². The molecule has 0 amide bonds. The number of imidazole rings is 1.